The smallest absolute Gasteiger partial charge is 0.146 e. The van der Waals surface area contributed by atoms with Gasteiger partial charge in [-0.2, -0.15) is 5.26 Å². The quantitative estimate of drug-likeness (QED) is 0.895. The largest absolute Gasteiger partial charge is 0.392 e. The highest BCUT2D eigenvalue weighted by molar-refractivity contribution is 5.53. The van der Waals surface area contributed by atoms with Crippen LogP contribution in [0, 0.1) is 11.3 Å². The lowest BCUT2D eigenvalue weighted by atomic mass is 10.1. The van der Waals surface area contributed by atoms with E-state index in [4.69, 9.17) is 0 Å². The highest BCUT2D eigenvalue weighted by Gasteiger charge is 2.27. The molecule has 2 rings (SSSR count). The number of rotatable bonds is 4. The van der Waals surface area contributed by atoms with E-state index in [1.807, 2.05) is 13.0 Å². The molecule has 1 aromatic rings. The number of anilines is 1. The molecule has 2 atom stereocenters. The fourth-order valence-electron chi connectivity index (χ4n) is 2.79. The molecule has 2 heterocycles. The third-order valence-corrected chi connectivity index (χ3v) is 3.78. The fourth-order valence-corrected chi connectivity index (χ4v) is 2.79. The average molecular weight is 274 g/mol. The predicted molar refractivity (Wildman–Crippen MR) is 78.5 cm³/mol. The van der Waals surface area contributed by atoms with Crippen molar-refractivity contribution >= 4 is 5.82 Å². The Morgan fingerprint density at radius 2 is 2.35 bits per heavy atom. The van der Waals surface area contributed by atoms with E-state index in [1.54, 1.807) is 12.3 Å². The predicted octanol–water partition coefficient (Wildman–Crippen LogP) is 1.23. The first-order valence-corrected chi connectivity index (χ1v) is 7.17. The summed E-state index contributed by atoms with van der Waals surface area (Å²) < 4.78 is 0. The van der Waals surface area contributed by atoms with Crippen molar-refractivity contribution in [1.82, 2.24) is 9.88 Å². The van der Waals surface area contributed by atoms with Gasteiger partial charge in [0.05, 0.1) is 11.7 Å². The van der Waals surface area contributed by atoms with E-state index < -0.39 is 0 Å². The summed E-state index contributed by atoms with van der Waals surface area (Å²) in [5.41, 5.74) is 0.631. The van der Waals surface area contributed by atoms with E-state index in [1.165, 1.54) is 0 Å². The number of β-amino-alcohol motifs (C(OH)–C–C–N with tert-alkyl or cyclic N) is 1. The minimum absolute atomic E-state index is 0.305. The van der Waals surface area contributed by atoms with Gasteiger partial charge in [-0.25, -0.2) is 4.98 Å². The van der Waals surface area contributed by atoms with Crippen LogP contribution < -0.4 is 4.90 Å². The molecule has 20 heavy (non-hydrogen) atoms. The highest BCUT2D eigenvalue weighted by atomic mass is 16.3. The first kappa shape index (κ1) is 14.8. The summed E-state index contributed by atoms with van der Waals surface area (Å²) in [6.07, 6.45) is 2.46. The number of aliphatic hydroxyl groups is 1. The summed E-state index contributed by atoms with van der Waals surface area (Å²) in [7, 11) is 0. The van der Waals surface area contributed by atoms with Crippen LogP contribution in [0.15, 0.2) is 18.3 Å². The van der Waals surface area contributed by atoms with Gasteiger partial charge >= 0.3 is 0 Å². The monoisotopic (exact) mass is 274 g/mol. The van der Waals surface area contributed by atoms with Gasteiger partial charge in [-0.1, -0.05) is 6.92 Å². The number of nitrogens with zero attached hydrogens (tertiary/aromatic N) is 4. The van der Waals surface area contributed by atoms with Crippen LogP contribution in [0.5, 0.6) is 0 Å². The number of hydrogen-bond donors (Lipinski definition) is 1. The van der Waals surface area contributed by atoms with Crippen molar-refractivity contribution in [3.05, 3.63) is 23.9 Å². The lowest BCUT2D eigenvalue weighted by Gasteiger charge is -2.42. The molecule has 0 radical (unpaired) electrons. The summed E-state index contributed by atoms with van der Waals surface area (Å²) in [5, 5.41) is 18.8. The lowest BCUT2D eigenvalue weighted by Crippen LogP contribution is -2.54. The van der Waals surface area contributed by atoms with Crippen LogP contribution >= 0.6 is 0 Å². The van der Waals surface area contributed by atoms with Crippen LogP contribution in [0.2, 0.25) is 0 Å². The maximum atomic E-state index is 9.57. The van der Waals surface area contributed by atoms with E-state index in [0.717, 1.165) is 31.9 Å². The SMILES string of the molecule is CC[C@H]1CN(c2ncccc2C#N)CCN1C[C@@H](C)O. The lowest BCUT2D eigenvalue weighted by molar-refractivity contribution is 0.0884. The van der Waals surface area contributed by atoms with Crippen LogP contribution in [0.3, 0.4) is 0 Å². The van der Waals surface area contributed by atoms with Crippen LogP contribution in [-0.4, -0.2) is 53.3 Å². The summed E-state index contributed by atoms with van der Waals surface area (Å²) in [4.78, 5) is 8.88. The zero-order chi connectivity index (χ0) is 14.5. The third kappa shape index (κ3) is 3.27. The van der Waals surface area contributed by atoms with Crippen molar-refractivity contribution in [2.45, 2.75) is 32.4 Å². The molecule has 1 N–H and O–H groups in total. The molecule has 0 aliphatic carbocycles. The van der Waals surface area contributed by atoms with Crippen molar-refractivity contribution < 1.29 is 5.11 Å². The van der Waals surface area contributed by atoms with Crippen molar-refractivity contribution in [2.24, 2.45) is 0 Å². The van der Waals surface area contributed by atoms with Crippen molar-refractivity contribution in [1.29, 1.82) is 5.26 Å². The summed E-state index contributed by atoms with van der Waals surface area (Å²) in [6, 6.07) is 6.21. The highest BCUT2D eigenvalue weighted by Crippen LogP contribution is 2.21. The van der Waals surface area contributed by atoms with Crippen molar-refractivity contribution in [3.63, 3.8) is 0 Å². The second-order valence-corrected chi connectivity index (χ2v) is 5.34. The minimum atomic E-state index is -0.305. The van der Waals surface area contributed by atoms with E-state index in [9.17, 15) is 10.4 Å². The number of pyridine rings is 1. The molecule has 0 bridgehead atoms. The molecule has 5 heteroatoms. The average Bonchev–Trinajstić information content (AvgIpc) is 2.47. The van der Waals surface area contributed by atoms with Gasteiger partial charge < -0.3 is 10.0 Å². The zero-order valence-electron chi connectivity index (χ0n) is 12.2. The number of piperazine rings is 1. The van der Waals surface area contributed by atoms with Crippen LogP contribution in [0.4, 0.5) is 5.82 Å². The molecule has 0 spiro atoms. The molecule has 0 unspecified atom stereocenters. The molecule has 0 saturated carbocycles. The molecule has 1 saturated heterocycles. The number of aromatic nitrogens is 1. The van der Waals surface area contributed by atoms with E-state index in [-0.39, 0.29) is 6.10 Å². The van der Waals surface area contributed by atoms with Crippen LogP contribution in [-0.2, 0) is 0 Å². The second kappa shape index (κ2) is 6.69. The van der Waals surface area contributed by atoms with Crippen LogP contribution in [0.25, 0.3) is 0 Å². The van der Waals surface area contributed by atoms with Gasteiger partial charge in [0.1, 0.15) is 11.9 Å². The number of hydrogen-bond acceptors (Lipinski definition) is 5. The van der Waals surface area contributed by atoms with Gasteiger partial charge in [-0.05, 0) is 25.5 Å². The zero-order valence-corrected chi connectivity index (χ0v) is 12.2. The molecule has 1 fully saturated rings. The maximum Gasteiger partial charge on any atom is 0.146 e. The Bertz CT molecular complexity index is 483. The van der Waals surface area contributed by atoms with Gasteiger partial charge in [0.2, 0.25) is 0 Å². The standard InChI is InChI=1S/C15H22N4O/c1-3-14-11-19(8-7-18(14)10-12(2)20)15-13(9-16)5-4-6-17-15/h4-6,12,14,20H,3,7-8,10-11H2,1-2H3/t12-,14+/m1/s1. The third-order valence-electron chi connectivity index (χ3n) is 3.78. The van der Waals surface area contributed by atoms with E-state index in [2.05, 4.69) is 27.8 Å². The van der Waals surface area contributed by atoms with Gasteiger partial charge in [0.15, 0.2) is 0 Å². The molecular weight excluding hydrogens is 252 g/mol. The molecule has 108 valence electrons. The van der Waals surface area contributed by atoms with Crippen molar-refractivity contribution in [2.75, 3.05) is 31.1 Å². The number of aliphatic hydroxyl groups excluding tert-OH is 1. The summed E-state index contributed by atoms with van der Waals surface area (Å²) >= 11 is 0. The Morgan fingerprint density at radius 3 is 3.00 bits per heavy atom. The molecule has 1 aliphatic heterocycles. The Balaban J connectivity index is 2.12. The molecule has 1 aromatic heterocycles. The Labute approximate surface area is 120 Å². The van der Waals surface area contributed by atoms with Gasteiger partial charge in [0.25, 0.3) is 0 Å². The Hall–Kier alpha value is -1.64. The van der Waals surface area contributed by atoms with Gasteiger partial charge in [-0.3, -0.25) is 4.90 Å². The minimum Gasteiger partial charge on any atom is -0.392 e. The first-order chi connectivity index (χ1) is 9.65. The molecule has 1 aliphatic rings. The molecule has 0 amide bonds. The van der Waals surface area contributed by atoms with Gasteiger partial charge in [0, 0.05) is 38.4 Å². The summed E-state index contributed by atoms with van der Waals surface area (Å²) in [5.74, 6) is 0.783. The molecule has 5 nitrogen and oxygen atoms in total. The first-order valence-electron chi connectivity index (χ1n) is 7.17. The van der Waals surface area contributed by atoms with E-state index >= 15 is 0 Å². The topological polar surface area (TPSA) is 63.4 Å². The Kier molecular flexibility index (Phi) is 4.94. The van der Waals surface area contributed by atoms with Gasteiger partial charge in [-0.15, -0.1) is 0 Å². The molecular formula is C15H22N4O. The molecule has 0 aromatic carbocycles. The van der Waals surface area contributed by atoms with Crippen molar-refractivity contribution in [3.8, 4) is 6.07 Å². The normalized spacial score (nSPS) is 21.5. The fraction of sp³-hybridized carbons (Fsp3) is 0.600. The maximum absolute atomic E-state index is 9.57. The Morgan fingerprint density at radius 1 is 1.55 bits per heavy atom. The number of nitriles is 1. The van der Waals surface area contributed by atoms with Crippen LogP contribution in [0.1, 0.15) is 25.8 Å². The summed E-state index contributed by atoms with van der Waals surface area (Å²) in [6.45, 7) is 7.28. The van der Waals surface area contributed by atoms with E-state index in [0.29, 0.717) is 18.2 Å². The second-order valence-electron chi connectivity index (χ2n) is 5.34.